The number of carbonyl (C=O) groups is 1. The maximum atomic E-state index is 10.6. The average Bonchev–Trinajstić information content (AvgIpc) is 2.55. The van der Waals surface area contributed by atoms with Crippen molar-refractivity contribution in [2.75, 3.05) is 5.73 Å². The molecule has 5 heteroatoms. The lowest BCUT2D eigenvalue weighted by molar-refractivity contribution is -0.137. The molecular weight excluding hydrogens is 292 g/mol. The lowest BCUT2D eigenvalue weighted by Gasteiger charge is -2.12. The van der Waals surface area contributed by atoms with Crippen LogP contribution in [0.3, 0.4) is 0 Å². The molecule has 23 heavy (non-hydrogen) atoms. The Morgan fingerprint density at radius 1 is 1.22 bits per heavy atom. The van der Waals surface area contributed by atoms with Crippen molar-refractivity contribution in [2.45, 2.75) is 19.3 Å². The molecule has 3 N–H and O–H groups in total. The van der Waals surface area contributed by atoms with E-state index in [0.29, 0.717) is 30.0 Å². The first-order valence-corrected chi connectivity index (χ1v) is 7.31. The molecule has 1 atom stereocenters. The minimum absolute atomic E-state index is 0.0294. The molecule has 5 nitrogen and oxygen atoms in total. The molecule has 0 bridgehead atoms. The van der Waals surface area contributed by atoms with Gasteiger partial charge in [-0.25, -0.2) is 0 Å². The molecule has 2 aromatic rings. The van der Waals surface area contributed by atoms with Gasteiger partial charge in [0.25, 0.3) is 0 Å². The van der Waals surface area contributed by atoms with Crippen LogP contribution in [-0.4, -0.2) is 11.1 Å². The summed E-state index contributed by atoms with van der Waals surface area (Å²) in [6.07, 6.45) is 0.676. The molecule has 2 aromatic carbocycles. The number of anilines is 1. The Morgan fingerprint density at radius 2 is 1.96 bits per heavy atom. The molecule has 0 aliphatic heterocycles. The van der Waals surface area contributed by atoms with Gasteiger partial charge in [-0.15, -0.1) is 0 Å². The molecule has 0 saturated carbocycles. The Hall–Kier alpha value is -3.00. The van der Waals surface area contributed by atoms with E-state index in [1.165, 1.54) is 0 Å². The Bertz CT molecular complexity index is 708. The molecule has 0 aromatic heterocycles. The van der Waals surface area contributed by atoms with Gasteiger partial charge < -0.3 is 15.6 Å². The predicted molar refractivity (Wildman–Crippen MR) is 87.0 cm³/mol. The number of rotatable bonds is 7. The molecule has 0 heterocycles. The molecule has 0 spiro atoms. The number of aliphatic carboxylic acids is 1. The first-order valence-electron chi connectivity index (χ1n) is 7.31. The second-order valence-electron chi connectivity index (χ2n) is 5.24. The van der Waals surface area contributed by atoms with Gasteiger partial charge in [0, 0.05) is 12.1 Å². The predicted octanol–water partition coefficient (Wildman–Crippen LogP) is 3.61. The van der Waals surface area contributed by atoms with Gasteiger partial charge in [-0.05, 0) is 48.7 Å². The number of benzene rings is 2. The van der Waals surface area contributed by atoms with Crippen LogP contribution in [0.15, 0.2) is 48.5 Å². The van der Waals surface area contributed by atoms with Gasteiger partial charge in [0.05, 0.1) is 12.0 Å². The SMILES string of the molecule is N#CC(CCC(=O)O)Cc1cc(Oc2ccccc2)ccc1N. The minimum Gasteiger partial charge on any atom is -0.481 e. The zero-order valence-electron chi connectivity index (χ0n) is 12.6. The topological polar surface area (TPSA) is 96.3 Å². The number of hydrogen-bond acceptors (Lipinski definition) is 4. The van der Waals surface area contributed by atoms with Crippen LogP contribution in [0.2, 0.25) is 0 Å². The van der Waals surface area contributed by atoms with Crippen molar-refractivity contribution in [3.8, 4) is 17.6 Å². The van der Waals surface area contributed by atoms with Gasteiger partial charge in [-0.1, -0.05) is 18.2 Å². The van der Waals surface area contributed by atoms with E-state index in [9.17, 15) is 10.1 Å². The van der Waals surface area contributed by atoms with E-state index in [0.717, 1.165) is 5.56 Å². The largest absolute Gasteiger partial charge is 0.481 e. The highest BCUT2D eigenvalue weighted by Gasteiger charge is 2.13. The minimum atomic E-state index is -0.903. The normalized spacial score (nSPS) is 11.4. The zero-order valence-corrected chi connectivity index (χ0v) is 12.6. The molecule has 2 rings (SSSR count). The second-order valence-corrected chi connectivity index (χ2v) is 5.24. The van der Waals surface area contributed by atoms with Crippen molar-refractivity contribution in [1.82, 2.24) is 0 Å². The molecular formula is C18H18N2O3. The third-order valence-corrected chi connectivity index (χ3v) is 3.45. The molecule has 0 amide bonds. The standard InChI is InChI=1S/C18H18N2O3/c19-12-13(6-9-18(21)22)10-14-11-16(7-8-17(14)20)23-15-4-2-1-3-5-15/h1-5,7-8,11,13H,6,9-10,20H2,(H,21,22). The summed E-state index contributed by atoms with van der Waals surface area (Å²) in [6.45, 7) is 0. The quantitative estimate of drug-likeness (QED) is 0.761. The third kappa shape index (κ3) is 5.04. The van der Waals surface area contributed by atoms with Crippen molar-refractivity contribution < 1.29 is 14.6 Å². The molecule has 0 saturated heterocycles. The number of hydrogen-bond donors (Lipinski definition) is 2. The van der Waals surface area contributed by atoms with Crippen LogP contribution in [0, 0.1) is 17.2 Å². The van der Waals surface area contributed by atoms with Gasteiger partial charge in [-0.3, -0.25) is 4.79 Å². The summed E-state index contributed by atoms with van der Waals surface area (Å²) < 4.78 is 5.75. The lowest BCUT2D eigenvalue weighted by atomic mass is 9.95. The average molecular weight is 310 g/mol. The molecule has 0 radical (unpaired) electrons. The van der Waals surface area contributed by atoms with E-state index in [-0.39, 0.29) is 12.3 Å². The third-order valence-electron chi connectivity index (χ3n) is 3.45. The Labute approximate surface area is 134 Å². The summed E-state index contributed by atoms with van der Waals surface area (Å²) in [5, 5.41) is 17.9. The molecule has 0 aliphatic carbocycles. The van der Waals surface area contributed by atoms with Crippen LogP contribution in [0.25, 0.3) is 0 Å². The van der Waals surface area contributed by atoms with Gasteiger partial charge in [0.15, 0.2) is 0 Å². The summed E-state index contributed by atoms with van der Waals surface area (Å²) >= 11 is 0. The number of carboxylic acid groups (broad SMARTS) is 1. The number of carboxylic acids is 1. The maximum absolute atomic E-state index is 10.6. The summed E-state index contributed by atoms with van der Waals surface area (Å²) in [5.74, 6) is 0.0565. The number of nitrogens with zero attached hydrogens (tertiary/aromatic N) is 1. The van der Waals surface area contributed by atoms with Crippen molar-refractivity contribution in [3.63, 3.8) is 0 Å². The van der Waals surface area contributed by atoms with Gasteiger partial charge in [0.2, 0.25) is 0 Å². The van der Waals surface area contributed by atoms with Crippen LogP contribution in [0.1, 0.15) is 18.4 Å². The van der Waals surface area contributed by atoms with Crippen molar-refractivity contribution in [3.05, 3.63) is 54.1 Å². The van der Waals surface area contributed by atoms with Crippen LogP contribution in [0.4, 0.5) is 5.69 Å². The van der Waals surface area contributed by atoms with Gasteiger partial charge >= 0.3 is 5.97 Å². The van der Waals surface area contributed by atoms with Gasteiger partial charge in [0.1, 0.15) is 11.5 Å². The summed E-state index contributed by atoms with van der Waals surface area (Å²) in [5.41, 5.74) is 7.32. The van der Waals surface area contributed by atoms with Crippen molar-refractivity contribution in [2.24, 2.45) is 5.92 Å². The van der Waals surface area contributed by atoms with E-state index in [1.54, 1.807) is 18.2 Å². The van der Waals surface area contributed by atoms with E-state index < -0.39 is 5.97 Å². The van der Waals surface area contributed by atoms with Crippen LogP contribution in [0.5, 0.6) is 11.5 Å². The summed E-state index contributed by atoms with van der Waals surface area (Å²) in [7, 11) is 0. The van der Waals surface area contributed by atoms with E-state index >= 15 is 0 Å². The first-order chi connectivity index (χ1) is 11.1. The Balaban J connectivity index is 2.10. The van der Waals surface area contributed by atoms with E-state index in [1.807, 2.05) is 30.3 Å². The van der Waals surface area contributed by atoms with Crippen molar-refractivity contribution in [1.29, 1.82) is 5.26 Å². The summed E-state index contributed by atoms with van der Waals surface area (Å²) in [6, 6.07) is 16.8. The fourth-order valence-corrected chi connectivity index (χ4v) is 2.22. The molecule has 0 fully saturated rings. The lowest BCUT2D eigenvalue weighted by Crippen LogP contribution is -2.07. The van der Waals surface area contributed by atoms with Crippen LogP contribution in [-0.2, 0) is 11.2 Å². The van der Waals surface area contributed by atoms with Gasteiger partial charge in [-0.2, -0.15) is 5.26 Å². The number of nitrogens with two attached hydrogens (primary N) is 1. The highest BCUT2D eigenvalue weighted by atomic mass is 16.5. The fraction of sp³-hybridized carbons (Fsp3) is 0.222. The monoisotopic (exact) mass is 310 g/mol. The first kappa shape index (κ1) is 16.4. The maximum Gasteiger partial charge on any atom is 0.303 e. The van der Waals surface area contributed by atoms with E-state index in [4.69, 9.17) is 15.6 Å². The number of ether oxygens (including phenoxy) is 1. The van der Waals surface area contributed by atoms with Crippen LogP contribution >= 0.6 is 0 Å². The van der Waals surface area contributed by atoms with Crippen LogP contribution < -0.4 is 10.5 Å². The number of para-hydroxylation sites is 1. The highest BCUT2D eigenvalue weighted by molar-refractivity contribution is 5.66. The Morgan fingerprint density at radius 3 is 2.61 bits per heavy atom. The number of nitriles is 1. The van der Waals surface area contributed by atoms with E-state index in [2.05, 4.69) is 6.07 Å². The smallest absolute Gasteiger partial charge is 0.303 e. The highest BCUT2D eigenvalue weighted by Crippen LogP contribution is 2.27. The fourth-order valence-electron chi connectivity index (χ4n) is 2.22. The second kappa shape index (κ2) is 7.85. The molecule has 1 unspecified atom stereocenters. The molecule has 118 valence electrons. The zero-order chi connectivity index (χ0) is 16.7. The number of nitrogen functional groups attached to an aromatic ring is 1. The molecule has 0 aliphatic rings. The summed E-state index contributed by atoms with van der Waals surface area (Å²) in [4.78, 5) is 10.6. The Kier molecular flexibility index (Phi) is 5.59. The van der Waals surface area contributed by atoms with Crippen molar-refractivity contribution >= 4 is 11.7 Å².